The fourth-order valence-corrected chi connectivity index (χ4v) is 2.45. The van der Waals surface area contributed by atoms with Gasteiger partial charge in [0, 0.05) is 13.0 Å². The lowest BCUT2D eigenvalue weighted by Crippen LogP contribution is -2.48. The molecule has 1 unspecified atom stereocenters. The molecule has 1 fully saturated rings. The number of imide groups is 1. The molecule has 0 aliphatic carbocycles. The van der Waals surface area contributed by atoms with Crippen LogP contribution in [-0.2, 0) is 28.6 Å². The van der Waals surface area contributed by atoms with E-state index in [0.29, 0.717) is 25.8 Å². The van der Waals surface area contributed by atoms with Crippen LogP contribution in [0.3, 0.4) is 0 Å². The molecule has 162 valence electrons. The topological polar surface area (TPSA) is 164 Å². The maximum atomic E-state index is 12.1. The SMILES string of the molecule is CC[C@@H](C(=O)NC(=O)OC/C=C\COC(=O)OC(C)O[N+](=O)[O-])N1CCCC1=O. The van der Waals surface area contributed by atoms with Crippen LogP contribution in [0.4, 0.5) is 9.59 Å². The molecule has 0 spiro atoms. The van der Waals surface area contributed by atoms with Gasteiger partial charge in [0.25, 0.3) is 11.0 Å². The van der Waals surface area contributed by atoms with Crippen LogP contribution in [0.5, 0.6) is 0 Å². The number of rotatable bonds is 10. The van der Waals surface area contributed by atoms with Gasteiger partial charge in [-0.05, 0) is 31.9 Å². The van der Waals surface area contributed by atoms with Crippen LogP contribution in [0, 0.1) is 10.1 Å². The van der Waals surface area contributed by atoms with Gasteiger partial charge in [0.15, 0.2) is 0 Å². The van der Waals surface area contributed by atoms with Crippen LogP contribution < -0.4 is 5.32 Å². The van der Waals surface area contributed by atoms with Crippen LogP contribution in [0.25, 0.3) is 0 Å². The number of alkyl carbamates (subject to hydrolysis) is 1. The van der Waals surface area contributed by atoms with Crippen molar-refractivity contribution in [3.8, 4) is 0 Å². The van der Waals surface area contributed by atoms with Gasteiger partial charge in [-0.25, -0.2) is 9.59 Å². The number of nitrogens with one attached hydrogen (secondary N) is 1. The third-order valence-electron chi connectivity index (χ3n) is 3.67. The molecule has 0 bridgehead atoms. The highest BCUT2D eigenvalue weighted by atomic mass is 17.0. The molecule has 1 rings (SSSR count). The van der Waals surface area contributed by atoms with E-state index in [0.717, 1.165) is 6.92 Å². The van der Waals surface area contributed by atoms with Crippen molar-refractivity contribution in [1.29, 1.82) is 0 Å². The first kappa shape index (κ1) is 23.7. The van der Waals surface area contributed by atoms with Crippen molar-refractivity contribution in [2.24, 2.45) is 0 Å². The summed E-state index contributed by atoms with van der Waals surface area (Å²) < 4.78 is 13.8. The maximum Gasteiger partial charge on any atom is 0.510 e. The first-order valence-electron chi connectivity index (χ1n) is 8.81. The summed E-state index contributed by atoms with van der Waals surface area (Å²) in [6.45, 7) is 2.89. The number of hydrogen-bond donors (Lipinski definition) is 1. The van der Waals surface area contributed by atoms with E-state index in [1.807, 2.05) is 0 Å². The molecule has 13 heteroatoms. The smallest absolute Gasteiger partial charge is 0.445 e. The van der Waals surface area contributed by atoms with Gasteiger partial charge in [0.1, 0.15) is 19.3 Å². The van der Waals surface area contributed by atoms with Crippen LogP contribution in [0.2, 0.25) is 0 Å². The lowest BCUT2D eigenvalue weighted by Gasteiger charge is -2.25. The van der Waals surface area contributed by atoms with Crippen molar-refractivity contribution in [1.82, 2.24) is 10.2 Å². The van der Waals surface area contributed by atoms with Crippen LogP contribution in [0.15, 0.2) is 12.2 Å². The molecule has 0 aromatic rings. The first-order chi connectivity index (χ1) is 13.7. The van der Waals surface area contributed by atoms with E-state index in [4.69, 9.17) is 4.74 Å². The van der Waals surface area contributed by atoms with Crippen molar-refractivity contribution in [2.75, 3.05) is 19.8 Å². The van der Waals surface area contributed by atoms with Crippen molar-refractivity contribution >= 4 is 24.1 Å². The molecule has 1 aliphatic rings. The molecule has 29 heavy (non-hydrogen) atoms. The Morgan fingerprint density at radius 1 is 1.28 bits per heavy atom. The fourth-order valence-electron chi connectivity index (χ4n) is 2.45. The highest BCUT2D eigenvalue weighted by Gasteiger charge is 2.32. The summed E-state index contributed by atoms with van der Waals surface area (Å²) in [7, 11) is 0. The quantitative estimate of drug-likeness (QED) is 0.177. The van der Waals surface area contributed by atoms with E-state index >= 15 is 0 Å². The summed E-state index contributed by atoms with van der Waals surface area (Å²) in [5.41, 5.74) is 0. The molecule has 2 atom stereocenters. The van der Waals surface area contributed by atoms with Crippen molar-refractivity contribution in [3.63, 3.8) is 0 Å². The van der Waals surface area contributed by atoms with E-state index < -0.39 is 35.6 Å². The summed E-state index contributed by atoms with van der Waals surface area (Å²) in [6.07, 6.45) is 0.512. The van der Waals surface area contributed by atoms with E-state index in [-0.39, 0.29) is 19.1 Å². The van der Waals surface area contributed by atoms with Gasteiger partial charge in [0.2, 0.25) is 12.2 Å². The zero-order valence-corrected chi connectivity index (χ0v) is 16.0. The van der Waals surface area contributed by atoms with Crippen LogP contribution >= 0.6 is 0 Å². The zero-order valence-electron chi connectivity index (χ0n) is 16.0. The van der Waals surface area contributed by atoms with Gasteiger partial charge in [-0.1, -0.05) is 6.92 Å². The third-order valence-corrected chi connectivity index (χ3v) is 3.67. The van der Waals surface area contributed by atoms with Gasteiger partial charge in [-0.3, -0.25) is 19.7 Å². The highest BCUT2D eigenvalue weighted by Crippen LogP contribution is 2.15. The van der Waals surface area contributed by atoms with Gasteiger partial charge >= 0.3 is 12.2 Å². The monoisotopic (exact) mass is 417 g/mol. The Kier molecular flexibility index (Phi) is 9.91. The van der Waals surface area contributed by atoms with Crippen LogP contribution in [0.1, 0.15) is 33.1 Å². The summed E-state index contributed by atoms with van der Waals surface area (Å²) in [4.78, 5) is 62.1. The van der Waals surface area contributed by atoms with E-state index in [2.05, 4.69) is 19.6 Å². The Hall–Kier alpha value is -3.38. The van der Waals surface area contributed by atoms with E-state index in [9.17, 15) is 29.3 Å². The Morgan fingerprint density at radius 3 is 2.48 bits per heavy atom. The predicted molar refractivity (Wildman–Crippen MR) is 93.6 cm³/mol. The predicted octanol–water partition coefficient (Wildman–Crippen LogP) is 0.904. The summed E-state index contributed by atoms with van der Waals surface area (Å²) >= 11 is 0. The molecule has 1 aliphatic heterocycles. The fraction of sp³-hybridized carbons (Fsp3) is 0.625. The largest absolute Gasteiger partial charge is 0.510 e. The van der Waals surface area contributed by atoms with Gasteiger partial charge in [0.05, 0.1) is 0 Å². The second kappa shape index (κ2) is 12.2. The van der Waals surface area contributed by atoms with Gasteiger partial charge < -0.3 is 19.1 Å². The number of carbonyl (C=O) groups is 4. The van der Waals surface area contributed by atoms with E-state index in [1.165, 1.54) is 17.1 Å². The average Bonchev–Trinajstić information content (AvgIpc) is 3.03. The molecule has 1 N–H and O–H groups in total. The third kappa shape index (κ3) is 8.90. The summed E-state index contributed by atoms with van der Waals surface area (Å²) in [5, 5.41) is 11.0. The molecule has 13 nitrogen and oxygen atoms in total. The Bertz CT molecular complexity index is 651. The average molecular weight is 417 g/mol. The maximum absolute atomic E-state index is 12.1. The number of carbonyl (C=O) groups excluding carboxylic acids is 4. The number of hydrogen-bond acceptors (Lipinski definition) is 10. The summed E-state index contributed by atoms with van der Waals surface area (Å²) in [5.74, 6) is -0.741. The number of likely N-dealkylation sites (tertiary alicyclic amines) is 1. The Morgan fingerprint density at radius 2 is 1.93 bits per heavy atom. The van der Waals surface area contributed by atoms with Crippen molar-refractivity contribution in [2.45, 2.75) is 45.4 Å². The molecular weight excluding hydrogens is 394 g/mol. The minimum atomic E-state index is -1.42. The number of nitrogens with zero attached hydrogens (tertiary/aromatic N) is 2. The first-order valence-corrected chi connectivity index (χ1v) is 8.81. The number of ether oxygens (including phenoxy) is 3. The molecule has 3 amide bonds. The van der Waals surface area contributed by atoms with Crippen LogP contribution in [-0.4, -0.2) is 66.1 Å². The highest BCUT2D eigenvalue weighted by molar-refractivity contribution is 5.97. The second-order valence-electron chi connectivity index (χ2n) is 5.75. The van der Waals surface area contributed by atoms with Crippen molar-refractivity contribution < 1.29 is 43.3 Å². The molecule has 1 saturated heterocycles. The minimum Gasteiger partial charge on any atom is -0.445 e. The number of amides is 3. The lowest BCUT2D eigenvalue weighted by molar-refractivity contribution is -0.777. The standard InChI is InChI=1S/C16H23N3O10/c1-3-12(18-8-6-7-13(18)20)14(21)17-15(22)26-9-4-5-10-27-16(23)28-11(2)29-19(24)25/h4-5,11-12H,3,6-10H2,1-2H3,(H,17,21,22)/b5-4-/t11?,12-/m0/s1. The molecule has 1 heterocycles. The second-order valence-corrected chi connectivity index (χ2v) is 5.75. The normalized spacial score (nSPS) is 15.5. The van der Waals surface area contributed by atoms with Crippen molar-refractivity contribution in [3.05, 3.63) is 22.3 Å². The molecule has 0 radical (unpaired) electrons. The lowest BCUT2D eigenvalue weighted by atomic mass is 10.2. The van der Waals surface area contributed by atoms with Gasteiger partial charge in [-0.15, -0.1) is 10.1 Å². The minimum absolute atomic E-state index is 0.124. The molecule has 0 aromatic heterocycles. The Balaban J connectivity index is 2.24. The molecular formula is C16H23N3O10. The zero-order chi connectivity index (χ0) is 21.8. The molecule has 0 aromatic carbocycles. The van der Waals surface area contributed by atoms with E-state index in [1.54, 1.807) is 6.92 Å². The molecule has 0 saturated carbocycles. The summed E-state index contributed by atoms with van der Waals surface area (Å²) in [6, 6.07) is -0.728. The Labute approximate surface area is 166 Å². The van der Waals surface area contributed by atoms with Gasteiger partial charge in [-0.2, -0.15) is 0 Å².